The van der Waals surface area contributed by atoms with Gasteiger partial charge in [-0.05, 0) is 35.3 Å². The Morgan fingerprint density at radius 1 is 0.958 bits per heavy atom. The smallest absolute Gasteiger partial charge is 0.328 e. The molecule has 2 aromatic carbocycles. The Morgan fingerprint density at radius 2 is 1.67 bits per heavy atom. The summed E-state index contributed by atoms with van der Waals surface area (Å²) in [6.07, 6.45) is 1.22. The predicted molar refractivity (Wildman–Crippen MR) is 91.0 cm³/mol. The molecule has 5 nitrogen and oxygen atoms in total. The van der Waals surface area contributed by atoms with Gasteiger partial charge in [-0.1, -0.05) is 23.8 Å². The molecule has 0 heterocycles. The van der Waals surface area contributed by atoms with Crippen LogP contribution in [0.1, 0.15) is 16.7 Å². The second-order valence-corrected chi connectivity index (χ2v) is 5.51. The van der Waals surface area contributed by atoms with Gasteiger partial charge in [0.2, 0.25) is 5.75 Å². The van der Waals surface area contributed by atoms with Gasteiger partial charge in [-0.25, -0.2) is 4.79 Å². The molecule has 1 aliphatic rings. The van der Waals surface area contributed by atoms with E-state index >= 15 is 0 Å². The lowest BCUT2D eigenvalue weighted by molar-refractivity contribution is -0.131. The minimum Gasteiger partial charge on any atom is -0.493 e. The first-order valence-electron chi connectivity index (χ1n) is 7.41. The fraction of sp³-hybridized carbons (Fsp3) is 0.211. The number of benzene rings is 2. The molecular weight excluding hydrogens is 308 g/mol. The highest BCUT2D eigenvalue weighted by molar-refractivity contribution is 6.09. The van der Waals surface area contributed by atoms with Crippen LogP contribution >= 0.6 is 0 Å². The number of carboxylic acid groups (broad SMARTS) is 1. The summed E-state index contributed by atoms with van der Waals surface area (Å²) in [4.78, 5) is 11.3. The van der Waals surface area contributed by atoms with Gasteiger partial charge in [-0.2, -0.15) is 0 Å². The van der Waals surface area contributed by atoms with Crippen LogP contribution in [0.25, 0.3) is 16.7 Å². The summed E-state index contributed by atoms with van der Waals surface area (Å²) >= 11 is 0. The molecule has 0 aliphatic heterocycles. The van der Waals surface area contributed by atoms with Gasteiger partial charge < -0.3 is 19.3 Å². The molecule has 0 spiro atoms. The van der Waals surface area contributed by atoms with E-state index in [-0.39, 0.29) is 0 Å². The number of aryl methyl sites for hydroxylation is 1. The molecule has 0 radical (unpaired) electrons. The van der Waals surface area contributed by atoms with Crippen molar-refractivity contribution in [3.05, 3.63) is 47.0 Å². The zero-order chi connectivity index (χ0) is 17.4. The van der Waals surface area contributed by atoms with E-state index in [1.54, 1.807) is 20.3 Å². The van der Waals surface area contributed by atoms with E-state index < -0.39 is 5.97 Å². The molecule has 0 unspecified atom stereocenters. The van der Waals surface area contributed by atoms with Crippen LogP contribution in [0.15, 0.2) is 30.3 Å². The summed E-state index contributed by atoms with van der Waals surface area (Å²) < 4.78 is 16.4. The number of hydrogen-bond donors (Lipinski definition) is 1. The summed E-state index contributed by atoms with van der Waals surface area (Å²) in [7, 11) is 4.65. The molecule has 0 bridgehead atoms. The van der Waals surface area contributed by atoms with Gasteiger partial charge in [0.05, 0.1) is 21.3 Å². The zero-order valence-corrected chi connectivity index (χ0v) is 14.0. The van der Waals surface area contributed by atoms with Crippen LogP contribution in [0.2, 0.25) is 0 Å². The first-order valence-corrected chi connectivity index (χ1v) is 7.41. The van der Waals surface area contributed by atoms with Gasteiger partial charge in [0.25, 0.3) is 0 Å². The Balaban J connectivity index is 2.44. The highest BCUT2D eigenvalue weighted by Crippen LogP contribution is 2.55. The highest BCUT2D eigenvalue weighted by atomic mass is 16.5. The Morgan fingerprint density at radius 3 is 2.25 bits per heavy atom. The third kappa shape index (κ3) is 2.29. The summed E-state index contributed by atoms with van der Waals surface area (Å²) in [5.74, 6) is 0.514. The second kappa shape index (κ2) is 5.92. The molecule has 124 valence electrons. The third-order valence-corrected chi connectivity index (χ3v) is 4.12. The van der Waals surface area contributed by atoms with Crippen LogP contribution in [-0.2, 0) is 4.79 Å². The number of carboxylic acids is 1. The number of methoxy groups -OCH3 is 3. The lowest BCUT2D eigenvalue weighted by Gasteiger charge is -2.16. The summed E-state index contributed by atoms with van der Waals surface area (Å²) in [5, 5.41) is 9.28. The van der Waals surface area contributed by atoms with Gasteiger partial charge >= 0.3 is 5.97 Å². The van der Waals surface area contributed by atoms with Gasteiger partial charge in [-0.15, -0.1) is 0 Å². The molecule has 0 saturated carbocycles. The average molecular weight is 326 g/mol. The molecule has 1 N–H and O–H groups in total. The quantitative estimate of drug-likeness (QED) is 0.743. The maximum atomic E-state index is 11.3. The van der Waals surface area contributed by atoms with Crippen molar-refractivity contribution in [3.63, 3.8) is 0 Å². The SMILES string of the molecule is COc1cc2c(c(OC)c1OC)-c1ccc(C)cc1/C2=C\C(=O)O. The van der Waals surface area contributed by atoms with E-state index in [1.807, 2.05) is 25.1 Å². The van der Waals surface area contributed by atoms with Gasteiger partial charge in [0, 0.05) is 11.6 Å². The van der Waals surface area contributed by atoms with Crippen molar-refractivity contribution in [3.8, 4) is 28.4 Å². The minimum absolute atomic E-state index is 0.488. The fourth-order valence-electron chi connectivity index (χ4n) is 3.16. The molecule has 0 amide bonds. The van der Waals surface area contributed by atoms with Crippen LogP contribution in [0.3, 0.4) is 0 Å². The molecule has 1 aliphatic carbocycles. The van der Waals surface area contributed by atoms with Crippen molar-refractivity contribution in [2.75, 3.05) is 21.3 Å². The summed E-state index contributed by atoms with van der Waals surface area (Å²) in [5.41, 5.74) is 5.04. The van der Waals surface area contributed by atoms with Crippen molar-refractivity contribution in [1.29, 1.82) is 0 Å². The molecule has 5 heteroatoms. The van der Waals surface area contributed by atoms with Crippen molar-refractivity contribution in [2.45, 2.75) is 6.92 Å². The first kappa shape index (κ1) is 15.9. The van der Waals surface area contributed by atoms with Crippen molar-refractivity contribution < 1.29 is 24.1 Å². The minimum atomic E-state index is -1.00. The second-order valence-electron chi connectivity index (χ2n) is 5.51. The van der Waals surface area contributed by atoms with Crippen molar-refractivity contribution >= 4 is 11.5 Å². The summed E-state index contributed by atoms with van der Waals surface area (Å²) in [6, 6.07) is 7.73. The Hall–Kier alpha value is -2.95. The van der Waals surface area contributed by atoms with Crippen LogP contribution < -0.4 is 14.2 Å². The van der Waals surface area contributed by atoms with Gasteiger partial charge in [-0.3, -0.25) is 0 Å². The Bertz CT molecular complexity index is 865. The van der Waals surface area contributed by atoms with E-state index in [1.165, 1.54) is 13.2 Å². The molecule has 0 atom stereocenters. The van der Waals surface area contributed by atoms with E-state index in [4.69, 9.17) is 14.2 Å². The lowest BCUT2D eigenvalue weighted by atomic mass is 10.0. The molecule has 0 aromatic heterocycles. The number of aliphatic carboxylic acids is 1. The normalized spacial score (nSPS) is 13.4. The number of hydrogen-bond acceptors (Lipinski definition) is 4. The van der Waals surface area contributed by atoms with Crippen LogP contribution in [0.5, 0.6) is 17.2 Å². The van der Waals surface area contributed by atoms with Crippen molar-refractivity contribution in [2.24, 2.45) is 0 Å². The monoisotopic (exact) mass is 326 g/mol. The van der Waals surface area contributed by atoms with Crippen LogP contribution in [0.4, 0.5) is 0 Å². The number of carbonyl (C=O) groups is 1. The molecule has 3 rings (SSSR count). The Labute approximate surface area is 140 Å². The number of ether oxygens (including phenoxy) is 3. The van der Waals surface area contributed by atoms with E-state index in [0.29, 0.717) is 22.8 Å². The number of fused-ring (bicyclic) bond motifs is 3. The molecular formula is C19H18O5. The fourth-order valence-corrected chi connectivity index (χ4v) is 3.16. The zero-order valence-electron chi connectivity index (χ0n) is 14.0. The lowest BCUT2D eigenvalue weighted by Crippen LogP contribution is -1.98. The highest BCUT2D eigenvalue weighted by Gasteiger charge is 2.31. The predicted octanol–water partition coefficient (Wildman–Crippen LogP) is 3.52. The van der Waals surface area contributed by atoms with Crippen LogP contribution in [-0.4, -0.2) is 32.4 Å². The van der Waals surface area contributed by atoms with E-state index in [0.717, 1.165) is 27.8 Å². The average Bonchev–Trinajstić information content (AvgIpc) is 2.85. The van der Waals surface area contributed by atoms with E-state index in [2.05, 4.69) is 0 Å². The van der Waals surface area contributed by atoms with Crippen LogP contribution in [0, 0.1) is 6.92 Å². The third-order valence-electron chi connectivity index (χ3n) is 4.12. The summed E-state index contributed by atoms with van der Waals surface area (Å²) in [6.45, 7) is 1.97. The maximum Gasteiger partial charge on any atom is 0.328 e. The van der Waals surface area contributed by atoms with Gasteiger partial charge in [0.15, 0.2) is 11.5 Å². The molecule has 24 heavy (non-hydrogen) atoms. The molecule has 2 aromatic rings. The largest absolute Gasteiger partial charge is 0.493 e. The topological polar surface area (TPSA) is 65.0 Å². The first-order chi connectivity index (χ1) is 11.5. The Kier molecular flexibility index (Phi) is 3.93. The standard InChI is InChI=1S/C19H18O5/c1-10-5-6-11-12(7-10)13(9-16(20)21)14-8-15(22-2)18(23-3)19(24-4)17(11)14/h5-9H,1-4H3,(H,20,21)/b13-9+. The number of rotatable bonds is 4. The molecule has 0 saturated heterocycles. The van der Waals surface area contributed by atoms with Crippen molar-refractivity contribution in [1.82, 2.24) is 0 Å². The maximum absolute atomic E-state index is 11.3. The van der Waals surface area contributed by atoms with E-state index in [9.17, 15) is 9.90 Å². The molecule has 0 fully saturated rings. The van der Waals surface area contributed by atoms with Gasteiger partial charge in [0.1, 0.15) is 0 Å².